The third kappa shape index (κ3) is 44.0. The zero-order chi connectivity index (χ0) is 33.4. The molecule has 0 spiro atoms. The molecular weight excluding hydrogens is 645 g/mol. The summed E-state index contributed by atoms with van der Waals surface area (Å²) in [7, 11) is -6.66. The molecule has 264 valence electrons. The molecule has 0 saturated carbocycles. The first-order valence-electron chi connectivity index (χ1n) is 17.3. The predicted molar refractivity (Wildman–Crippen MR) is 182 cm³/mol. The summed E-state index contributed by atoms with van der Waals surface area (Å²) in [5, 5.41) is 20.4. The van der Waals surface area contributed by atoms with Crippen LogP contribution in [0.1, 0.15) is 168 Å². The van der Waals surface area contributed by atoms with Crippen LogP contribution in [0.2, 0.25) is 0 Å². The number of hydrogen-bond acceptors (Lipinski definition) is 8. The number of nitrogens with one attached hydrogen (secondary N) is 2. The van der Waals surface area contributed by atoms with E-state index in [4.69, 9.17) is 0 Å². The van der Waals surface area contributed by atoms with Gasteiger partial charge in [-0.25, -0.2) is 26.3 Å². The fourth-order valence-corrected chi connectivity index (χ4v) is 6.96. The van der Waals surface area contributed by atoms with E-state index in [0.29, 0.717) is 12.8 Å². The zero-order valence-electron chi connectivity index (χ0n) is 28.6. The Labute approximate surface area is 306 Å². The quantitative estimate of drug-likeness (QED) is 0.0768. The smallest absolute Gasteiger partial charge is 0.550 e. The van der Waals surface area contributed by atoms with Gasteiger partial charge in [-0.3, -0.25) is 0 Å². The molecule has 10 nitrogen and oxygen atoms in total. The Morgan fingerprint density at radius 2 is 0.667 bits per heavy atom. The molecule has 0 aromatic rings. The number of unbranched alkanes of at least 4 members (excludes halogenated alkanes) is 20. The molecule has 13 heteroatoms. The summed E-state index contributed by atoms with van der Waals surface area (Å²) in [6.45, 7) is 4.28. The van der Waals surface area contributed by atoms with Crippen molar-refractivity contribution in [3.8, 4) is 0 Å². The van der Waals surface area contributed by atoms with Crippen LogP contribution in [0, 0.1) is 0 Å². The van der Waals surface area contributed by atoms with Gasteiger partial charge in [0.1, 0.15) is 0 Å². The second kappa shape index (κ2) is 35.3. The molecule has 0 fully saturated rings. The summed E-state index contributed by atoms with van der Waals surface area (Å²) in [5.41, 5.74) is 0. The van der Waals surface area contributed by atoms with Gasteiger partial charge >= 0.3 is 37.7 Å². The normalized spacial score (nSPS) is 11.4. The van der Waals surface area contributed by atoms with Gasteiger partial charge in [0, 0.05) is 37.9 Å². The number of carboxylic acid groups (broad SMARTS) is 2. The van der Waals surface area contributed by atoms with Crippen molar-refractivity contribution >= 4 is 69.7 Å². The topological polar surface area (TPSA) is 173 Å². The van der Waals surface area contributed by atoms with Gasteiger partial charge in [-0.05, 0) is 12.8 Å². The van der Waals surface area contributed by atoms with Crippen LogP contribution in [0.3, 0.4) is 0 Å². The molecule has 0 radical (unpaired) electrons. The van der Waals surface area contributed by atoms with E-state index in [-0.39, 0.29) is 75.2 Å². The number of carbonyl (C=O) groups excluding carboxylic acids is 2. The van der Waals surface area contributed by atoms with Crippen LogP contribution < -0.4 is 19.7 Å². The number of hydrogen-bond donors (Lipinski definition) is 2. The van der Waals surface area contributed by atoms with Crippen LogP contribution in [0.5, 0.6) is 0 Å². The minimum absolute atomic E-state index is 0. The van der Waals surface area contributed by atoms with Crippen molar-refractivity contribution in [1.82, 2.24) is 9.44 Å². The Hall–Kier alpha value is 0.0197. The van der Waals surface area contributed by atoms with Crippen molar-refractivity contribution in [3.05, 3.63) is 0 Å². The standard InChI is InChI=1S/2C16H33NO4S.Ca/c2*1-2-3-4-5-6-7-8-9-10-11-12-15-22(20,21)17-14-13-16(18)19;/h2*17H,2-15H2,1H3,(H,18,19);/q;;+2/p-2. The van der Waals surface area contributed by atoms with E-state index in [1.54, 1.807) is 0 Å². The number of carboxylic acids is 2. The second-order valence-corrected chi connectivity index (χ2v) is 15.6. The van der Waals surface area contributed by atoms with E-state index in [1.165, 1.54) is 103 Å². The van der Waals surface area contributed by atoms with Gasteiger partial charge in [-0.2, -0.15) is 0 Å². The summed E-state index contributed by atoms with van der Waals surface area (Å²) in [6, 6.07) is 0. The fourth-order valence-electron chi connectivity index (χ4n) is 4.67. The van der Waals surface area contributed by atoms with E-state index < -0.39 is 32.0 Å². The van der Waals surface area contributed by atoms with Gasteiger partial charge in [0.15, 0.2) is 0 Å². The first kappa shape index (κ1) is 49.4. The van der Waals surface area contributed by atoms with E-state index >= 15 is 0 Å². The Morgan fingerprint density at radius 1 is 0.444 bits per heavy atom. The molecule has 0 aromatic heterocycles. The average molecular weight is 709 g/mol. The largest absolute Gasteiger partial charge is 2.00 e. The van der Waals surface area contributed by atoms with Gasteiger partial charge in [-0.15, -0.1) is 0 Å². The van der Waals surface area contributed by atoms with Crippen LogP contribution in [0.25, 0.3) is 0 Å². The summed E-state index contributed by atoms with van der Waals surface area (Å²) >= 11 is 0. The predicted octanol–water partition coefficient (Wildman–Crippen LogP) is 4.33. The molecule has 0 bridgehead atoms. The zero-order valence-corrected chi connectivity index (χ0v) is 32.4. The third-order valence-corrected chi connectivity index (χ3v) is 10.3. The Balaban J connectivity index is -0.000000767. The van der Waals surface area contributed by atoms with E-state index in [2.05, 4.69) is 23.3 Å². The molecular formula is C32H64CaN2O8S2. The summed E-state index contributed by atoms with van der Waals surface area (Å²) in [4.78, 5) is 20.4. The molecule has 45 heavy (non-hydrogen) atoms. The minimum Gasteiger partial charge on any atom is -0.550 e. The first-order chi connectivity index (χ1) is 21.0. The van der Waals surface area contributed by atoms with Crippen molar-refractivity contribution in [1.29, 1.82) is 0 Å². The number of aliphatic carboxylic acids is 2. The van der Waals surface area contributed by atoms with Crippen molar-refractivity contribution in [2.24, 2.45) is 0 Å². The molecule has 0 aliphatic carbocycles. The molecule has 0 aliphatic rings. The van der Waals surface area contributed by atoms with E-state index in [9.17, 15) is 36.6 Å². The van der Waals surface area contributed by atoms with Crippen LogP contribution in [-0.2, 0) is 29.6 Å². The molecule has 0 rings (SSSR count). The van der Waals surface area contributed by atoms with Crippen molar-refractivity contribution < 1.29 is 36.6 Å². The number of rotatable bonds is 32. The van der Waals surface area contributed by atoms with Crippen LogP contribution in [-0.4, -0.2) is 91.1 Å². The van der Waals surface area contributed by atoms with Gasteiger partial charge < -0.3 is 19.8 Å². The number of sulfonamides is 2. The van der Waals surface area contributed by atoms with Gasteiger partial charge in [0.25, 0.3) is 0 Å². The Morgan fingerprint density at radius 3 is 0.889 bits per heavy atom. The third-order valence-electron chi connectivity index (χ3n) is 7.34. The molecule has 0 aliphatic heterocycles. The Bertz CT molecular complexity index is 816. The molecule has 0 amide bonds. The molecule has 2 N–H and O–H groups in total. The minimum atomic E-state index is -3.33. The first-order valence-corrected chi connectivity index (χ1v) is 20.6. The van der Waals surface area contributed by atoms with Crippen LogP contribution in [0.4, 0.5) is 0 Å². The van der Waals surface area contributed by atoms with E-state index in [0.717, 1.165) is 25.7 Å². The Kier molecular flexibility index (Phi) is 38.8. The van der Waals surface area contributed by atoms with Crippen molar-refractivity contribution in [3.63, 3.8) is 0 Å². The molecule has 0 heterocycles. The molecule has 0 aromatic carbocycles. The molecule has 0 unspecified atom stereocenters. The van der Waals surface area contributed by atoms with Crippen molar-refractivity contribution in [2.45, 2.75) is 168 Å². The maximum absolute atomic E-state index is 11.5. The molecule has 0 atom stereocenters. The van der Waals surface area contributed by atoms with Crippen LogP contribution in [0.15, 0.2) is 0 Å². The van der Waals surface area contributed by atoms with Gasteiger partial charge in [0.2, 0.25) is 20.0 Å². The van der Waals surface area contributed by atoms with Gasteiger partial charge in [-0.1, -0.05) is 142 Å². The second-order valence-electron chi connectivity index (χ2n) is 11.7. The molecule has 0 saturated heterocycles. The average Bonchev–Trinajstić information content (AvgIpc) is 2.94. The monoisotopic (exact) mass is 708 g/mol. The van der Waals surface area contributed by atoms with Crippen LogP contribution >= 0.6 is 0 Å². The summed E-state index contributed by atoms with van der Waals surface area (Å²) < 4.78 is 50.7. The summed E-state index contributed by atoms with van der Waals surface area (Å²) in [5.74, 6) is -2.32. The SMILES string of the molecule is CCCCCCCCCCCCCS(=O)(=O)NCCC(=O)[O-].CCCCCCCCCCCCCS(=O)(=O)NCCC(=O)[O-].[Ca+2]. The van der Waals surface area contributed by atoms with E-state index in [1.807, 2.05) is 0 Å². The maximum Gasteiger partial charge on any atom is 2.00 e. The fraction of sp³-hybridized carbons (Fsp3) is 0.938. The maximum atomic E-state index is 11.5. The number of carbonyl (C=O) groups is 2. The van der Waals surface area contributed by atoms with Crippen molar-refractivity contribution in [2.75, 3.05) is 24.6 Å². The summed E-state index contributed by atoms with van der Waals surface area (Å²) in [6.07, 6.45) is 25.3. The van der Waals surface area contributed by atoms with Gasteiger partial charge in [0.05, 0.1) is 11.5 Å².